The summed E-state index contributed by atoms with van der Waals surface area (Å²) < 4.78 is 0. The van der Waals surface area contributed by atoms with Crippen molar-refractivity contribution in [1.29, 1.82) is 0 Å². The van der Waals surface area contributed by atoms with Crippen molar-refractivity contribution in [2.45, 2.75) is 66.4 Å². The van der Waals surface area contributed by atoms with E-state index in [1.165, 1.54) is 11.1 Å². The quantitative estimate of drug-likeness (QED) is 0.632. The molecule has 0 aromatic carbocycles. The van der Waals surface area contributed by atoms with Gasteiger partial charge < -0.3 is 5.11 Å². The van der Waals surface area contributed by atoms with Gasteiger partial charge in [-0.15, -0.1) is 0 Å². The highest BCUT2D eigenvalue weighted by molar-refractivity contribution is 5.02. The van der Waals surface area contributed by atoms with Crippen LogP contribution in [0, 0.1) is 5.92 Å². The first-order valence-corrected chi connectivity index (χ1v) is 6.42. The van der Waals surface area contributed by atoms with Crippen molar-refractivity contribution in [3.8, 4) is 0 Å². The molecule has 1 nitrogen and oxygen atoms in total. The van der Waals surface area contributed by atoms with E-state index in [4.69, 9.17) is 0 Å². The van der Waals surface area contributed by atoms with Crippen LogP contribution in [0.4, 0.5) is 0 Å². The van der Waals surface area contributed by atoms with E-state index in [1.807, 2.05) is 0 Å². The molecule has 0 rings (SSSR count). The lowest BCUT2D eigenvalue weighted by atomic mass is 9.99. The molecule has 0 fully saturated rings. The Morgan fingerprint density at radius 3 is 2.25 bits per heavy atom. The fourth-order valence-electron chi connectivity index (χ4n) is 1.50. The van der Waals surface area contributed by atoms with Gasteiger partial charge in [0.1, 0.15) is 0 Å². The predicted molar refractivity (Wildman–Crippen MR) is 72.5 cm³/mol. The van der Waals surface area contributed by atoms with E-state index in [9.17, 15) is 5.11 Å². The largest absolute Gasteiger partial charge is 0.393 e. The van der Waals surface area contributed by atoms with E-state index in [0.717, 1.165) is 25.7 Å². The molecule has 0 aliphatic carbocycles. The number of hydrogen-bond acceptors (Lipinski definition) is 1. The number of hydrogen-bond donors (Lipinski definition) is 1. The molecule has 0 radical (unpaired) electrons. The van der Waals surface area contributed by atoms with Gasteiger partial charge in [-0.25, -0.2) is 0 Å². The van der Waals surface area contributed by atoms with Crippen LogP contribution in [0.1, 0.15) is 60.3 Å². The second-order valence-electron chi connectivity index (χ2n) is 5.07. The van der Waals surface area contributed by atoms with Crippen molar-refractivity contribution in [3.63, 3.8) is 0 Å². The van der Waals surface area contributed by atoms with Gasteiger partial charge in [0.15, 0.2) is 0 Å². The van der Waals surface area contributed by atoms with Gasteiger partial charge in [0.25, 0.3) is 0 Å². The average Bonchev–Trinajstić information content (AvgIpc) is 2.25. The summed E-state index contributed by atoms with van der Waals surface area (Å²) >= 11 is 0. The van der Waals surface area contributed by atoms with Crippen LogP contribution >= 0.6 is 0 Å². The van der Waals surface area contributed by atoms with E-state index in [2.05, 4.69) is 46.8 Å². The monoisotopic (exact) mass is 224 g/mol. The van der Waals surface area contributed by atoms with Crippen molar-refractivity contribution in [2.75, 3.05) is 0 Å². The molecule has 0 aliphatic rings. The molecule has 16 heavy (non-hydrogen) atoms. The van der Waals surface area contributed by atoms with Crippen LogP contribution in [0.25, 0.3) is 0 Å². The summed E-state index contributed by atoms with van der Waals surface area (Å²) in [5, 5.41) is 9.69. The van der Waals surface area contributed by atoms with Gasteiger partial charge in [-0.1, -0.05) is 37.1 Å². The highest BCUT2D eigenvalue weighted by Crippen LogP contribution is 2.14. The van der Waals surface area contributed by atoms with Gasteiger partial charge >= 0.3 is 0 Å². The van der Waals surface area contributed by atoms with Crippen LogP contribution in [0.3, 0.4) is 0 Å². The van der Waals surface area contributed by atoms with Crippen LogP contribution in [0.15, 0.2) is 23.3 Å². The molecule has 0 aliphatic heterocycles. The summed E-state index contributed by atoms with van der Waals surface area (Å²) in [6.07, 6.45) is 8.52. The Morgan fingerprint density at radius 2 is 1.75 bits per heavy atom. The molecule has 1 unspecified atom stereocenters. The smallest absolute Gasteiger partial charge is 0.0566 e. The normalized spacial score (nSPS) is 15.7. The fourth-order valence-corrected chi connectivity index (χ4v) is 1.50. The molecule has 0 bridgehead atoms. The van der Waals surface area contributed by atoms with E-state index < -0.39 is 0 Å². The van der Waals surface area contributed by atoms with Crippen LogP contribution in [-0.4, -0.2) is 11.2 Å². The molecule has 94 valence electrons. The minimum Gasteiger partial charge on any atom is -0.393 e. The van der Waals surface area contributed by atoms with Gasteiger partial charge in [0.05, 0.1) is 6.10 Å². The van der Waals surface area contributed by atoms with Crippen molar-refractivity contribution in [3.05, 3.63) is 23.3 Å². The summed E-state index contributed by atoms with van der Waals surface area (Å²) in [5.41, 5.74) is 2.86. The Kier molecular flexibility index (Phi) is 8.28. The van der Waals surface area contributed by atoms with Gasteiger partial charge in [0, 0.05) is 0 Å². The molecule has 0 aromatic rings. The lowest BCUT2D eigenvalue weighted by Crippen LogP contribution is -2.14. The predicted octanol–water partition coefficient (Wildman–Crippen LogP) is 4.48. The first-order valence-electron chi connectivity index (χ1n) is 6.42. The third-order valence-electron chi connectivity index (χ3n) is 3.13. The molecule has 0 heterocycles. The van der Waals surface area contributed by atoms with E-state index in [0.29, 0.717) is 5.92 Å². The van der Waals surface area contributed by atoms with Crippen LogP contribution in [0.2, 0.25) is 0 Å². The molecule has 0 saturated heterocycles. The third-order valence-corrected chi connectivity index (χ3v) is 3.13. The molecule has 0 saturated carbocycles. The van der Waals surface area contributed by atoms with E-state index >= 15 is 0 Å². The minimum absolute atomic E-state index is 0.152. The molecule has 0 spiro atoms. The Morgan fingerprint density at radius 1 is 1.12 bits per heavy atom. The number of rotatable bonds is 7. The maximum absolute atomic E-state index is 9.69. The van der Waals surface area contributed by atoms with Crippen molar-refractivity contribution in [1.82, 2.24) is 0 Å². The highest BCUT2D eigenvalue weighted by Gasteiger charge is 2.08. The Hall–Kier alpha value is -0.560. The topological polar surface area (TPSA) is 20.2 Å². The van der Waals surface area contributed by atoms with Gasteiger partial charge in [-0.05, 0) is 52.4 Å². The molecular weight excluding hydrogens is 196 g/mol. The van der Waals surface area contributed by atoms with Crippen molar-refractivity contribution >= 4 is 0 Å². The number of aliphatic hydroxyl groups excluding tert-OH is 1. The highest BCUT2D eigenvalue weighted by atomic mass is 16.3. The zero-order valence-corrected chi connectivity index (χ0v) is 11.6. The number of allylic oxidation sites excluding steroid dienone is 4. The molecule has 0 amide bonds. The zero-order valence-electron chi connectivity index (χ0n) is 11.6. The SMILES string of the molecule is C/C=C(\C)CC/C=C(/C)CCC(O)C(C)C. The molecule has 0 aromatic heterocycles. The lowest BCUT2D eigenvalue weighted by molar-refractivity contribution is 0.116. The summed E-state index contributed by atoms with van der Waals surface area (Å²) in [7, 11) is 0. The summed E-state index contributed by atoms with van der Waals surface area (Å²) in [4.78, 5) is 0. The maximum atomic E-state index is 9.69. The Bertz CT molecular complexity index is 236. The van der Waals surface area contributed by atoms with E-state index in [1.54, 1.807) is 0 Å². The Labute approximate surface area is 101 Å². The van der Waals surface area contributed by atoms with E-state index in [-0.39, 0.29) is 6.10 Å². The first kappa shape index (κ1) is 15.4. The second-order valence-corrected chi connectivity index (χ2v) is 5.07. The van der Waals surface area contributed by atoms with Crippen LogP contribution < -0.4 is 0 Å². The van der Waals surface area contributed by atoms with Crippen molar-refractivity contribution in [2.24, 2.45) is 5.92 Å². The molecule has 1 atom stereocenters. The summed E-state index contributed by atoms with van der Waals surface area (Å²) in [5.74, 6) is 0.373. The fraction of sp³-hybridized carbons (Fsp3) is 0.733. The zero-order chi connectivity index (χ0) is 12.6. The first-order chi connectivity index (χ1) is 7.47. The van der Waals surface area contributed by atoms with Crippen LogP contribution in [-0.2, 0) is 0 Å². The standard InChI is InChI=1S/C15H28O/c1-6-13(4)8-7-9-14(5)10-11-15(16)12(2)3/h6,9,12,15-16H,7-8,10-11H2,1-5H3/b13-6+,14-9-. The lowest BCUT2D eigenvalue weighted by Gasteiger charge is -2.14. The summed E-state index contributed by atoms with van der Waals surface area (Å²) in [6, 6.07) is 0. The summed E-state index contributed by atoms with van der Waals surface area (Å²) in [6.45, 7) is 10.6. The number of aliphatic hydroxyl groups is 1. The third kappa shape index (κ3) is 7.70. The van der Waals surface area contributed by atoms with Gasteiger partial charge in [-0.2, -0.15) is 0 Å². The Balaban J connectivity index is 3.79. The van der Waals surface area contributed by atoms with Crippen molar-refractivity contribution < 1.29 is 5.11 Å². The maximum Gasteiger partial charge on any atom is 0.0566 e. The second kappa shape index (κ2) is 8.58. The van der Waals surface area contributed by atoms with Gasteiger partial charge in [0.2, 0.25) is 0 Å². The van der Waals surface area contributed by atoms with Gasteiger partial charge in [-0.3, -0.25) is 0 Å². The van der Waals surface area contributed by atoms with Crippen LogP contribution in [0.5, 0.6) is 0 Å². The molecule has 1 heteroatoms. The molecular formula is C15H28O. The minimum atomic E-state index is -0.152. The molecule has 1 N–H and O–H groups in total. The average molecular weight is 224 g/mol.